The second kappa shape index (κ2) is 36.1. The molecule has 7 aliphatic rings. The van der Waals surface area contributed by atoms with Gasteiger partial charge in [-0.25, -0.2) is 4.18 Å². The Labute approximate surface area is 628 Å². The zero-order valence-electron chi connectivity index (χ0n) is 67.5. The predicted octanol–water partition coefficient (Wildman–Crippen LogP) is 13.1. The molecule has 0 bridgehead atoms. The normalized spacial score (nSPS) is 40.3. The van der Waals surface area contributed by atoms with Crippen LogP contribution in [0.5, 0.6) is 11.5 Å². The molecule has 24 heteroatoms. The molecular weight excluding hydrogens is 1370 g/mol. The van der Waals surface area contributed by atoms with Crippen molar-refractivity contribution in [3.8, 4) is 11.5 Å². The molecule has 23 nitrogen and oxygen atoms in total. The van der Waals surface area contributed by atoms with E-state index < -0.39 is 135 Å². The van der Waals surface area contributed by atoms with Crippen LogP contribution in [-0.4, -0.2) is 189 Å². The van der Waals surface area contributed by atoms with E-state index in [-0.39, 0.29) is 77.6 Å². The second-order valence-corrected chi connectivity index (χ2v) is 35.9. The summed E-state index contributed by atoms with van der Waals surface area (Å²) in [5.41, 5.74) is -0.917. The van der Waals surface area contributed by atoms with Crippen molar-refractivity contribution in [3.05, 3.63) is 34.4 Å². The Morgan fingerprint density at radius 1 is 0.743 bits per heavy atom. The van der Waals surface area contributed by atoms with Gasteiger partial charge in [-0.15, -0.1) is 0 Å². The van der Waals surface area contributed by atoms with Crippen LogP contribution in [0.3, 0.4) is 0 Å². The number of fused-ring (bicyclic) bond motifs is 7. The van der Waals surface area contributed by atoms with Gasteiger partial charge in [0.25, 0.3) is 0 Å². The number of aliphatic hydroxyl groups is 4. The van der Waals surface area contributed by atoms with Gasteiger partial charge in [-0.3, -0.25) is 23.7 Å². The van der Waals surface area contributed by atoms with E-state index in [1.165, 1.54) is 84.0 Å². The van der Waals surface area contributed by atoms with Gasteiger partial charge in [0.2, 0.25) is 0 Å². The number of carbonyl (C=O) groups is 4. The Hall–Kier alpha value is -3.89. The van der Waals surface area contributed by atoms with Gasteiger partial charge in [0, 0.05) is 43.1 Å². The number of likely N-dealkylation sites (N-methyl/N-ethyl adjacent to an activating group) is 1. The average molecular weight is 1510 g/mol. The van der Waals surface area contributed by atoms with Crippen molar-refractivity contribution in [2.24, 2.45) is 51.2 Å². The Balaban J connectivity index is 0.000000288. The van der Waals surface area contributed by atoms with Crippen LogP contribution < -0.4 is 0 Å². The summed E-state index contributed by atoms with van der Waals surface area (Å²) >= 11 is 0. The molecule has 3 aliphatic heterocycles. The largest absolute Gasteiger partial charge is 0.504 e. The molecule has 8 N–H and O–H groups in total. The average Bonchev–Trinajstić information content (AvgIpc) is 0.677. The Kier molecular flexibility index (Phi) is 30.9. The molecule has 0 amide bonds. The van der Waals surface area contributed by atoms with E-state index in [0.29, 0.717) is 18.8 Å². The number of ether oxygens (including phenoxy) is 7. The molecule has 8 rings (SSSR count). The maximum absolute atomic E-state index is 14.2. The van der Waals surface area contributed by atoms with E-state index in [2.05, 4.69) is 44.9 Å². The number of carboxylic acids is 1. The monoisotopic (exact) mass is 1510 g/mol. The third kappa shape index (κ3) is 20.1. The number of phenolic OH excluding ortho intramolecular Hbond substituents is 2. The number of cyclic esters (lactones) is 1. The topological polar surface area (TPSA) is 341 Å². The van der Waals surface area contributed by atoms with Gasteiger partial charge in [0.1, 0.15) is 23.6 Å². The maximum Gasteiger partial charge on any atom is 0.397 e. The van der Waals surface area contributed by atoms with Crippen LogP contribution in [0.1, 0.15) is 276 Å². The molecule has 105 heavy (non-hydrogen) atoms. The third-order valence-electron chi connectivity index (χ3n) is 26.7. The minimum atomic E-state index is -4.23. The number of carboxylic acid groups (broad SMARTS) is 1. The number of rotatable bonds is 22. The fraction of sp³-hybridized carbons (Fsp3) is 0.852. The van der Waals surface area contributed by atoms with Gasteiger partial charge in [-0.1, -0.05) is 139 Å². The van der Waals surface area contributed by atoms with Crippen molar-refractivity contribution in [2.45, 2.75) is 362 Å². The van der Waals surface area contributed by atoms with E-state index >= 15 is 0 Å². The van der Waals surface area contributed by atoms with Crippen molar-refractivity contribution in [1.29, 1.82) is 0 Å². The van der Waals surface area contributed by atoms with E-state index in [9.17, 15) is 63.3 Å². The molecule has 604 valence electrons. The first-order chi connectivity index (χ1) is 48.6. The number of Topliss-reactive ketones (excluding diaryl/α,β-unsaturated/α-hetero) is 1. The molecule has 3 saturated carbocycles. The number of ketones is 1. The van der Waals surface area contributed by atoms with Crippen molar-refractivity contribution in [1.82, 2.24) is 4.90 Å². The molecule has 24 atom stereocenters. The minimum absolute atomic E-state index is 0.00431. The molecule has 4 aliphatic carbocycles. The van der Waals surface area contributed by atoms with E-state index in [1.54, 1.807) is 48.5 Å². The lowest BCUT2D eigenvalue weighted by atomic mass is 9.34. The number of hydrogen-bond acceptors (Lipinski definition) is 21. The van der Waals surface area contributed by atoms with Gasteiger partial charge in [0.15, 0.2) is 30.2 Å². The number of allylic oxidation sites excluding steroid dienone is 2. The zero-order chi connectivity index (χ0) is 79.1. The summed E-state index contributed by atoms with van der Waals surface area (Å²) in [5, 5.41) is 77.5. The van der Waals surface area contributed by atoms with Gasteiger partial charge in [-0.05, 0) is 191 Å². The molecule has 0 aromatic heterocycles. The summed E-state index contributed by atoms with van der Waals surface area (Å²) in [6.45, 7) is 33.8. The van der Waals surface area contributed by atoms with Gasteiger partial charge < -0.3 is 73.8 Å². The summed E-state index contributed by atoms with van der Waals surface area (Å²) < 4.78 is 76.6. The summed E-state index contributed by atoms with van der Waals surface area (Å²) in [4.78, 5) is 55.1. The Morgan fingerprint density at radius 2 is 1.34 bits per heavy atom. The number of unbranched alkanes of at least 4 members (excludes halogenated alkanes) is 9. The van der Waals surface area contributed by atoms with E-state index in [4.69, 9.17) is 37.7 Å². The first-order valence-electron chi connectivity index (χ1n) is 39.3. The molecule has 3 heterocycles. The van der Waals surface area contributed by atoms with Gasteiger partial charge in [-0.2, -0.15) is 8.42 Å². The van der Waals surface area contributed by atoms with Crippen molar-refractivity contribution < 1.29 is 105 Å². The summed E-state index contributed by atoms with van der Waals surface area (Å²) in [6.07, 6.45) is 12.2. The fourth-order valence-corrected chi connectivity index (χ4v) is 19.7. The lowest BCUT2D eigenvalue weighted by Gasteiger charge is -2.69. The lowest BCUT2D eigenvalue weighted by molar-refractivity contribution is -0.319. The highest BCUT2D eigenvalue weighted by molar-refractivity contribution is 7.80. The second-order valence-electron chi connectivity index (χ2n) is 34.8. The van der Waals surface area contributed by atoms with Crippen LogP contribution in [0.4, 0.5) is 0 Å². The number of aliphatic hydroxyl groups excluding tert-OH is 2. The Bertz CT molecular complexity index is 3230. The zero-order valence-corrected chi connectivity index (χ0v) is 68.3. The van der Waals surface area contributed by atoms with Crippen molar-refractivity contribution in [2.75, 3.05) is 27.8 Å². The standard InChI is InChI=1S/C40H71NO14.C29H40O4.C12H26O4S/c1-15-27-40(11,48)33(44)22(5)30(43)20(3)18-38(9,47)35(55-37-32(53-28(42)16-2)26(41(12)13)17-21(4)50-37)23(6)31(24(7)36(46)52-27)54-29-19-39(10,49-14)34(45)25(8)51-29;1-17-18-7-8-21-27(4,19(18)15-20(30)23(17)31)12-14-29(6)22-16-26(3,24(32)33)10-9-25(22,2)11-13-28(21,29)5;1-2-3-4-5-6-7-8-9-10-11-12-16-17(13,14)15/h20-27,29,31-35,37,44-45,47-48H,15-19H2,1-14H3;8,15,22,30-31H,7,9-14,16H2,1-6H3,(H,32,33);2-12H2,1H3,(H,13,14,15). The van der Waals surface area contributed by atoms with Gasteiger partial charge in [0.05, 0.1) is 65.7 Å². The van der Waals surface area contributed by atoms with Crippen molar-refractivity contribution in [3.63, 3.8) is 0 Å². The first kappa shape index (κ1) is 90.0. The molecule has 0 radical (unpaired) electrons. The third-order valence-corrected chi connectivity index (χ3v) is 27.1. The summed E-state index contributed by atoms with van der Waals surface area (Å²) in [7, 11) is 0.973. The van der Waals surface area contributed by atoms with Crippen LogP contribution in [0.25, 0.3) is 0 Å². The fourth-order valence-electron chi connectivity index (χ4n) is 19.4. The maximum atomic E-state index is 14.2. The molecule has 3 saturated heterocycles. The Morgan fingerprint density at radius 3 is 1.90 bits per heavy atom. The quantitative estimate of drug-likeness (QED) is 0.0176. The molecule has 24 unspecified atom stereocenters. The van der Waals surface area contributed by atoms with Crippen LogP contribution in [-0.2, 0) is 78.8 Å². The number of methoxy groups -OCH3 is 1. The number of phenols is 2. The molecular formula is C81H137NO22S. The first-order valence-corrected chi connectivity index (χ1v) is 40.7. The number of benzene rings is 1. The number of aliphatic carboxylic acids is 1. The number of aromatic hydroxyl groups is 2. The van der Waals surface area contributed by atoms with Crippen molar-refractivity contribution >= 4 is 34.1 Å². The predicted molar refractivity (Wildman–Crippen MR) is 399 cm³/mol. The van der Waals surface area contributed by atoms with Crippen LogP contribution >= 0.6 is 0 Å². The number of nitrogens with zero attached hydrogens (tertiary/aromatic N) is 1. The van der Waals surface area contributed by atoms with Crippen LogP contribution in [0, 0.1) is 58.2 Å². The smallest absolute Gasteiger partial charge is 0.397 e. The van der Waals surface area contributed by atoms with Gasteiger partial charge >= 0.3 is 28.3 Å². The van der Waals surface area contributed by atoms with Crippen LogP contribution in [0.15, 0.2) is 17.7 Å². The van der Waals surface area contributed by atoms with Crippen LogP contribution in [0.2, 0.25) is 0 Å². The number of hydrogen-bond donors (Lipinski definition) is 8. The molecule has 0 spiro atoms. The molecule has 1 aromatic rings. The highest BCUT2D eigenvalue weighted by Gasteiger charge is 2.67. The minimum Gasteiger partial charge on any atom is -0.504 e. The summed E-state index contributed by atoms with van der Waals surface area (Å²) in [5.74, 6) is -5.87. The van der Waals surface area contributed by atoms with E-state index in [1.807, 2.05) is 45.8 Å². The van der Waals surface area contributed by atoms with E-state index in [0.717, 1.165) is 75.3 Å². The molecule has 1 aromatic carbocycles. The highest BCUT2D eigenvalue weighted by Crippen LogP contribution is 2.75. The SMILES string of the molecule is CCC(=O)OC1C(OC2C(C)C(OC3CC(C)(OC)C(O)C(C)O3)C(C)C(=O)OC(CC)C(C)(O)C(O)C(C)C(=O)C(C)CC2(C)O)OC(C)CC1N(C)C.CCCCCCCCCCCCOS(=O)(=O)O.Cc1c(O)c(O)cc2c1CC=C1C2(C)CCC2(C)C3CC(C)(C(=O)O)CCC3(C)CCC12C. The number of carbonyl (C=O) groups excluding carboxylic acids is 3. The summed E-state index contributed by atoms with van der Waals surface area (Å²) in [6, 6.07) is 1.49. The lowest BCUT2D eigenvalue weighted by Crippen LogP contribution is -2.62. The molecule has 6 fully saturated rings. The highest BCUT2D eigenvalue weighted by atomic mass is 32.3. The number of esters is 2.